The highest BCUT2D eigenvalue weighted by molar-refractivity contribution is 5.80. The first-order chi connectivity index (χ1) is 15.7. The number of piperidine rings is 1. The minimum absolute atomic E-state index is 0.157. The van der Waals surface area contributed by atoms with Crippen LogP contribution >= 0.6 is 0 Å². The Morgan fingerprint density at radius 2 is 1.81 bits per heavy atom. The van der Waals surface area contributed by atoms with Gasteiger partial charge in [0.15, 0.2) is 5.96 Å². The highest BCUT2D eigenvalue weighted by Crippen LogP contribution is 2.34. The SMILES string of the molecule is CCNC(=NCC1CCOC1c1ccccc1)NC1CCN(Cc2ccccc2)C(C)C1. The molecule has 4 rings (SSSR count). The number of aliphatic imine (C=N–C) groups is 1. The maximum Gasteiger partial charge on any atom is 0.191 e. The summed E-state index contributed by atoms with van der Waals surface area (Å²) in [6.45, 7) is 9.11. The smallest absolute Gasteiger partial charge is 0.191 e. The largest absolute Gasteiger partial charge is 0.373 e. The van der Waals surface area contributed by atoms with Crippen molar-refractivity contribution >= 4 is 5.96 Å². The molecule has 2 heterocycles. The lowest BCUT2D eigenvalue weighted by molar-refractivity contribution is 0.0925. The van der Waals surface area contributed by atoms with Crippen LogP contribution in [0, 0.1) is 5.92 Å². The average molecular weight is 435 g/mol. The van der Waals surface area contributed by atoms with Crippen molar-refractivity contribution in [3.8, 4) is 0 Å². The third-order valence-electron chi connectivity index (χ3n) is 6.75. The third-order valence-corrected chi connectivity index (χ3v) is 6.75. The average Bonchev–Trinajstić information content (AvgIpc) is 3.29. The normalized spacial score (nSPS) is 26.8. The summed E-state index contributed by atoms with van der Waals surface area (Å²) in [5, 5.41) is 7.18. The number of hydrogen-bond donors (Lipinski definition) is 2. The molecule has 2 N–H and O–H groups in total. The molecule has 4 atom stereocenters. The molecule has 0 saturated carbocycles. The number of likely N-dealkylation sites (tertiary alicyclic amines) is 1. The van der Waals surface area contributed by atoms with Gasteiger partial charge in [-0.15, -0.1) is 0 Å². The van der Waals surface area contributed by atoms with Crippen LogP contribution in [0.3, 0.4) is 0 Å². The van der Waals surface area contributed by atoms with Crippen molar-refractivity contribution in [2.24, 2.45) is 10.9 Å². The monoisotopic (exact) mass is 434 g/mol. The van der Waals surface area contributed by atoms with Crippen LogP contribution in [-0.2, 0) is 11.3 Å². The number of nitrogens with one attached hydrogen (secondary N) is 2. The van der Waals surface area contributed by atoms with E-state index in [9.17, 15) is 0 Å². The number of nitrogens with zero attached hydrogens (tertiary/aromatic N) is 2. The molecule has 2 aliphatic rings. The first-order valence-electron chi connectivity index (χ1n) is 12.2. The summed E-state index contributed by atoms with van der Waals surface area (Å²) in [7, 11) is 0. The van der Waals surface area contributed by atoms with Gasteiger partial charge >= 0.3 is 0 Å². The van der Waals surface area contributed by atoms with Crippen molar-refractivity contribution in [1.29, 1.82) is 0 Å². The molecule has 2 aliphatic heterocycles. The number of benzene rings is 2. The molecule has 2 fully saturated rings. The van der Waals surface area contributed by atoms with Crippen LogP contribution in [0.4, 0.5) is 0 Å². The van der Waals surface area contributed by atoms with Gasteiger partial charge in [-0.2, -0.15) is 0 Å². The predicted octanol–water partition coefficient (Wildman–Crippen LogP) is 4.37. The van der Waals surface area contributed by atoms with Crippen LogP contribution in [0.1, 0.15) is 50.3 Å². The van der Waals surface area contributed by atoms with Gasteiger partial charge in [0.05, 0.1) is 6.10 Å². The number of ether oxygens (including phenoxy) is 1. The van der Waals surface area contributed by atoms with E-state index in [1.54, 1.807) is 0 Å². The first-order valence-corrected chi connectivity index (χ1v) is 12.2. The van der Waals surface area contributed by atoms with E-state index in [4.69, 9.17) is 9.73 Å². The lowest BCUT2D eigenvalue weighted by Gasteiger charge is -2.38. The predicted molar refractivity (Wildman–Crippen MR) is 132 cm³/mol. The topological polar surface area (TPSA) is 48.9 Å². The second kappa shape index (κ2) is 11.5. The standard InChI is InChI=1S/C27H38N4O/c1-3-28-27(29-19-24-15-17-32-26(24)23-12-8-5-9-13-23)30-25-14-16-31(21(2)18-25)20-22-10-6-4-7-11-22/h4-13,21,24-26H,3,14-20H2,1-2H3,(H2,28,29,30). The van der Waals surface area contributed by atoms with Crippen LogP contribution in [0.25, 0.3) is 0 Å². The minimum atomic E-state index is 0.157. The summed E-state index contributed by atoms with van der Waals surface area (Å²) in [4.78, 5) is 7.57. The van der Waals surface area contributed by atoms with Crippen molar-refractivity contribution < 1.29 is 4.74 Å². The fourth-order valence-corrected chi connectivity index (χ4v) is 4.96. The number of rotatable bonds is 7. The maximum atomic E-state index is 6.05. The van der Waals surface area contributed by atoms with Crippen molar-refractivity contribution in [1.82, 2.24) is 15.5 Å². The highest BCUT2D eigenvalue weighted by Gasteiger charge is 2.30. The van der Waals surface area contributed by atoms with Crippen molar-refractivity contribution in [3.05, 3.63) is 71.8 Å². The van der Waals surface area contributed by atoms with Crippen LogP contribution in [0.15, 0.2) is 65.7 Å². The van der Waals surface area contributed by atoms with E-state index in [1.165, 1.54) is 11.1 Å². The van der Waals surface area contributed by atoms with E-state index >= 15 is 0 Å². The highest BCUT2D eigenvalue weighted by atomic mass is 16.5. The van der Waals surface area contributed by atoms with E-state index in [0.29, 0.717) is 18.0 Å². The molecule has 0 spiro atoms. The number of guanidine groups is 1. The van der Waals surface area contributed by atoms with Gasteiger partial charge in [0.25, 0.3) is 0 Å². The molecule has 0 aliphatic carbocycles. The summed E-state index contributed by atoms with van der Waals surface area (Å²) < 4.78 is 6.05. The van der Waals surface area contributed by atoms with E-state index in [-0.39, 0.29) is 6.10 Å². The van der Waals surface area contributed by atoms with Crippen LogP contribution < -0.4 is 10.6 Å². The Bertz CT molecular complexity index is 841. The second-order valence-corrected chi connectivity index (χ2v) is 9.14. The maximum absolute atomic E-state index is 6.05. The van der Waals surface area contributed by atoms with Gasteiger partial charge in [0, 0.05) is 50.8 Å². The van der Waals surface area contributed by atoms with Crippen molar-refractivity contribution in [2.75, 3.05) is 26.2 Å². The zero-order chi connectivity index (χ0) is 22.2. The first kappa shape index (κ1) is 22.8. The second-order valence-electron chi connectivity index (χ2n) is 9.14. The summed E-state index contributed by atoms with van der Waals surface area (Å²) >= 11 is 0. The van der Waals surface area contributed by atoms with Gasteiger partial charge in [-0.3, -0.25) is 9.89 Å². The summed E-state index contributed by atoms with van der Waals surface area (Å²) in [6, 6.07) is 22.4. The molecule has 2 aromatic carbocycles. The molecule has 2 aromatic rings. The van der Waals surface area contributed by atoms with Gasteiger partial charge < -0.3 is 15.4 Å². The Labute approximate surface area is 193 Å². The van der Waals surface area contributed by atoms with Gasteiger partial charge in [-0.1, -0.05) is 60.7 Å². The fraction of sp³-hybridized carbons (Fsp3) is 0.519. The van der Waals surface area contributed by atoms with Gasteiger partial charge in [-0.25, -0.2) is 0 Å². The number of hydrogen-bond acceptors (Lipinski definition) is 3. The molecular formula is C27H38N4O. The summed E-state index contributed by atoms with van der Waals surface area (Å²) in [6.07, 6.45) is 3.50. The Balaban J connectivity index is 1.32. The molecule has 172 valence electrons. The molecule has 0 aromatic heterocycles. The Hall–Kier alpha value is -2.37. The van der Waals surface area contributed by atoms with Crippen LogP contribution in [-0.4, -0.2) is 49.2 Å². The quantitative estimate of drug-likeness (QED) is 0.502. The zero-order valence-electron chi connectivity index (χ0n) is 19.5. The molecule has 0 bridgehead atoms. The Morgan fingerprint density at radius 3 is 2.53 bits per heavy atom. The van der Waals surface area contributed by atoms with Gasteiger partial charge in [0.1, 0.15) is 0 Å². The lowest BCUT2D eigenvalue weighted by Crippen LogP contribution is -2.51. The summed E-state index contributed by atoms with van der Waals surface area (Å²) in [5.74, 6) is 1.37. The Morgan fingerprint density at radius 1 is 1.06 bits per heavy atom. The van der Waals surface area contributed by atoms with Gasteiger partial charge in [0.2, 0.25) is 0 Å². The third kappa shape index (κ3) is 6.11. The minimum Gasteiger partial charge on any atom is -0.373 e. The molecule has 2 saturated heterocycles. The molecule has 5 heteroatoms. The van der Waals surface area contributed by atoms with Gasteiger partial charge in [-0.05, 0) is 44.2 Å². The van der Waals surface area contributed by atoms with E-state index in [0.717, 1.165) is 58.0 Å². The van der Waals surface area contributed by atoms with E-state index in [2.05, 4.69) is 90.0 Å². The molecule has 0 radical (unpaired) electrons. The molecular weight excluding hydrogens is 396 g/mol. The Kier molecular flexibility index (Phi) is 8.18. The molecule has 0 amide bonds. The molecule has 4 unspecified atom stereocenters. The van der Waals surface area contributed by atoms with Crippen LogP contribution in [0.5, 0.6) is 0 Å². The van der Waals surface area contributed by atoms with Crippen molar-refractivity contribution in [2.45, 2.75) is 57.8 Å². The zero-order valence-corrected chi connectivity index (χ0v) is 19.5. The van der Waals surface area contributed by atoms with E-state index < -0.39 is 0 Å². The summed E-state index contributed by atoms with van der Waals surface area (Å²) in [5.41, 5.74) is 2.66. The van der Waals surface area contributed by atoms with Crippen molar-refractivity contribution in [3.63, 3.8) is 0 Å². The molecule has 5 nitrogen and oxygen atoms in total. The molecule has 32 heavy (non-hydrogen) atoms. The lowest BCUT2D eigenvalue weighted by atomic mass is 9.95. The van der Waals surface area contributed by atoms with Crippen LogP contribution in [0.2, 0.25) is 0 Å². The fourth-order valence-electron chi connectivity index (χ4n) is 4.96. The van der Waals surface area contributed by atoms with E-state index in [1.807, 2.05) is 0 Å².